The Labute approximate surface area is 99.5 Å². The van der Waals surface area contributed by atoms with E-state index in [9.17, 15) is 8.42 Å². The Bertz CT molecular complexity index is 592. The van der Waals surface area contributed by atoms with E-state index in [4.69, 9.17) is 0 Å². The summed E-state index contributed by atoms with van der Waals surface area (Å²) in [6, 6.07) is 7.01. The lowest BCUT2D eigenvalue weighted by Crippen LogP contribution is -1.96. The zero-order valence-electron chi connectivity index (χ0n) is 9.10. The molecule has 2 rings (SSSR count). The molecule has 0 unspecified atom stereocenters. The monoisotopic (exact) mass is 252 g/mol. The molecule has 1 aromatic heterocycles. The van der Waals surface area contributed by atoms with Gasteiger partial charge in [-0.1, -0.05) is 12.1 Å². The minimum atomic E-state index is -3.10. The van der Waals surface area contributed by atoms with Crippen molar-refractivity contribution >= 4 is 21.2 Å². The number of aryl methyl sites for hydroxylation is 1. The van der Waals surface area contributed by atoms with Gasteiger partial charge in [-0.05, 0) is 46.5 Å². The lowest BCUT2D eigenvalue weighted by atomic mass is 10.1. The molecule has 1 heterocycles. The maximum Gasteiger partial charge on any atom is 0.175 e. The zero-order valence-corrected chi connectivity index (χ0v) is 10.7. The summed E-state index contributed by atoms with van der Waals surface area (Å²) >= 11 is 1.65. The van der Waals surface area contributed by atoms with Gasteiger partial charge in [-0.2, -0.15) is 11.3 Å². The van der Waals surface area contributed by atoms with Crippen molar-refractivity contribution < 1.29 is 8.42 Å². The van der Waals surface area contributed by atoms with E-state index >= 15 is 0 Å². The Morgan fingerprint density at radius 2 is 1.69 bits per heavy atom. The Morgan fingerprint density at radius 3 is 2.12 bits per heavy atom. The summed E-state index contributed by atoms with van der Waals surface area (Å²) in [5.74, 6) is 0. The van der Waals surface area contributed by atoms with Crippen LogP contribution in [0, 0.1) is 6.92 Å². The van der Waals surface area contributed by atoms with Crippen LogP contribution in [0.3, 0.4) is 0 Å². The van der Waals surface area contributed by atoms with Crippen LogP contribution in [0.25, 0.3) is 11.1 Å². The van der Waals surface area contributed by atoms with Crippen LogP contribution in [0.4, 0.5) is 0 Å². The molecule has 0 radical (unpaired) electrons. The first-order chi connectivity index (χ1) is 7.48. The second-order valence-corrected chi connectivity index (χ2v) is 6.52. The fourth-order valence-electron chi connectivity index (χ4n) is 1.54. The van der Waals surface area contributed by atoms with Gasteiger partial charge in [0.2, 0.25) is 0 Å². The zero-order chi connectivity index (χ0) is 11.8. The Morgan fingerprint density at radius 1 is 1.06 bits per heavy atom. The van der Waals surface area contributed by atoms with Gasteiger partial charge < -0.3 is 0 Å². The first-order valence-corrected chi connectivity index (χ1v) is 7.65. The standard InChI is InChI=1S/C12H12O2S2/c1-9-7-15-8-12(9)10-3-5-11(6-4-10)16(2,13)14/h3-8H,1-2H3. The topological polar surface area (TPSA) is 34.1 Å². The second-order valence-electron chi connectivity index (χ2n) is 3.77. The van der Waals surface area contributed by atoms with Crippen molar-refractivity contribution in [1.82, 2.24) is 0 Å². The molecule has 4 heteroatoms. The Hall–Kier alpha value is -1.13. The van der Waals surface area contributed by atoms with E-state index in [1.807, 2.05) is 12.1 Å². The molecule has 2 aromatic rings. The molecule has 1 aromatic carbocycles. The molecule has 84 valence electrons. The highest BCUT2D eigenvalue weighted by molar-refractivity contribution is 7.90. The quantitative estimate of drug-likeness (QED) is 0.823. The molecule has 0 spiro atoms. The van der Waals surface area contributed by atoms with E-state index in [0.717, 1.165) is 5.56 Å². The fourth-order valence-corrected chi connectivity index (χ4v) is 3.03. The Kier molecular flexibility index (Phi) is 2.86. The molecule has 0 atom stereocenters. The van der Waals surface area contributed by atoms with Crippen LogP contribution in [-0.2, 0) is 9.84 Å². The van der Waals surface area contributed by atoms with Crippen LogP contribution in [0.15, 0.2) is 39.9 Å². The van der Waals surface area contributed by atoms with Gasteiger partial charge in [-0.15, -0.1) is 0 Å². The van der Waals surface area contributed by atoms with E-state index in [1.165, 1.54) is 17.4 Å². The van der Waals surface area contributed by atoms with Crippen LogP contribution >= 0.6 is 11.3 Å². The molecule has 0 fully saturated rings. The third kappa shape index (κ3) is 2.18. The van der Waals surface area contributed by atoms with Crippen LogP contribution in [0.1, 0.15) is 5.56 Å². The highest BCUT2D eigenvalue weighted by atomic mass is 32.2. The van der Waals surface area contributed by atoms with Gasteiger partial charge in [0.25, 0.3) is 0 Å². The minimum absolute atomic E-state index is 0.365. The molecule has 0 aliphatic rings. The van der Waals surface area contributed by atoms with Gasteiger partial charge in [-0.3, -0.25) is 0 Å². The highest BCUT2D eigenvalue weighted by Crippen LogP contribution is 2.27. The average molecular weight is 252 g/mol. The Balaban J connectivity index is 2.45. The number of hydrogen-bond donors (Lipinski definition) is 0. The van der Waals surface area contributed by atoms with Gasteiger partial charge in [0, 0.05) is 6.26 Å². The third-order valence-corrected chi connectivity index (χ3v) is 4.44. The first kappa shape index (κ1) is 11.4. The van der Waals surface area contributed by atoms with Crippen LogP contribution in [0.2, 0.25) is 0 Å². The second kappa shape index (κ2) is 4.03. The molecular weight excluding hydrogens is 240 g/mol. The fraction of sp³-hybridized carbons (Fsp3) is 0.167. The first-order valence-electron chi connectivity index (χ1n) is 4.82. The molecule has 0 saturated heterocycles. The number of thiophene rings is 1. The summed E-state index contributed by atoms with van der Waals surface area (Å²) in [7, 11) is -3.10. The van der Waals surface area contributed by atoms with Gasteiger partial charge in [-0.25, -0.2) is 8.42 Å². The van der Waals surface area contributed by atoms with Crippen molar-refractivity contribution in [3.63, 3.8) is 0 Å². The van der Waals surface area contributed by atoms with Crippen LogP contribution in [0.5, 0.6) is 0 Å². The van der Waals surface area contributed by atoms with Crippen molar-refractivity contribution in [3.8, 4) is 11.1 Å². The van der Waals surface area contributed by atoms with Crippen LogP contribution in [-0.4, -0.2) is 14.7 Å². The van der Waals surface area contributed by atoms with Crippen LogP contribution < -0.4 is 0 Å². The minimum Gasteiger partial charge on any atom is -0.224 e. The molecule has 0 bridgehead atoms. The number of benzene rings is 1. The maximum atomic E-state index is 11.3. The van der Waals surface area contributed by atoms with Crippen molar-refractivity contribution in [1.29, 1.82) is 0 Å². The summed E-state index contributed by atoms with van der Waals surface area (Å²) in [5, 5.41) is 4.16. The molecule has 0 aliphatic carbocycles. The van der Waals surface area contributed by atoms with Crippen molar-refractivity contribution in [2.24, 2.45) is 0 Å². The molecule has 0 aliphatic heterocycles. The normalized spacial score (nSPS) is 11.6. The lowest BCUT2D eigenvalue weighted by molar-refractivity contribution is 0.602. The van der Waals surface area contributed by atoms with Gasteiger partial charge in [0.05, 0.1) is 4.90 Å². The van der Waals surface area contributed by atoms with Crippen molar-refractivity contribution in [2.45, 2.75) is 11.8 Å². The summed E-state index contributed by atoms with van der Waals surface area (Å²) in [5.41, 5.74) is 3.45. The molecule has 0 saturated carbocycles. The summed E-state index contributed by atoms with van der Waals surface area (Å²) in [4.78, 5) is 0.365. The van der Waals surface area contributed by atoms with Gasteiger partial charge in [0.15, 0.2) is 9.84 Å². The highest BCUT2D eigenvalue weighted by Gasteiger charge is 2.07. The predicted octanol–water partition coefficient (Wildman–Crippen LogP) is 3.13. The van der Waals surface area contributed by atoms with Gasteiger partial charge in [0.1, 0.15) is 0 Å². The lowest BCUT2D eigenvalue weighted by Gasteiger charge is -2.02. The largest absolute Gasteiger partial charge is 0.224 e. The number of sulfone groups is 1. The summed E-state index contributed by atoms with van der Waals surface area (Å²) in [6.07, 6.45) is 1.22. The van der Waals surface area contributed by atoms with E-state index in [-0.39, 0.29) is 0 Å². The van der Waals surface area contributed by atoms with E-state index in [1.54, 1.807) is 23.5 Å². The predicted molar refractivity (Wildman–Crippen MR) is 67.6 cm³/mol. The molecule has 0 N–H and O–H groups in total. The SMILES string of the molecule is Cc1cscc1-c1ccc(S(C)(=O)=O)cc1. The van der Waals surface area contributed by atoms with Crippen molar-refractivity contribution in [2.75, 3.05) is 6.26 Å². The third-order valence-electron chi connectivity index (χ3n) is 2.45. The molecule has 0 amide bonds. The number of rotatable bonds is 2. The molecular formula is C12H12O2S2. The average Bonchev–Trinajstić information content (AvgIpc) is 2.63. The van der Waals surface area contributed by atoms with Gasteiger partial charge >= 0.3 is 0 Å². The van der Waals surface area contributed by atoms with E-state index < -0.39 is 9.84 Å². The smallest absolute Gasteiger partial charge is 0.175 e. The van der Waals surface area contributed by atoms with E-state index in [0.29, 0.717) is 4.90 Å². The summed E-state index contributed by atoms with van der Waals surface area (Å²) in [6.45, 7) is 2.05. The number of hydrogen-bond acceptors (Lipinski definition) is 3. The van der Waals surface area contributed by atoms with E-state index in [2.05, 4.69) is 17.7 Å². The van der Waals surface area contributed by atoms with Crippen molar-refractivity contribution in [3.05, 3.63) is 40.6 Å². The molecule has 2 nitrogen and oxygen atoms in total. The summed E-state index contributed by atoms with van der Waals surface area (Å²) < 4.78 is 22.6. The molecule has 16 heavy (non-hydrogen) atoms. The maximum absolute atomic E-state index is 11.3.